The molecular formula is C16H27N3O. The number of rotatable bonds is 8. The van der Waals surface area contributed by atoms with Crippen molar-refractivity contribution in [2.24, 2.45) is 11.8 Å². The smallest absolute Gasteiger partial charge is 0.239 e. The molecule has 1 aliphatic rings. The molecule has 1 aromatic rings. The topological polar surface area (TPSA) is 60.2 Å². The van der Waals surface area contributed by atoms with Crippen LogP contribution in [0.5, 0.6) is 5.88 Å². The maximum absolute atomic E-state index is 5.92. The number of hydrogen-bond acceptors (Lipinski definition) is 4. The van der Waals surface area contributed by atoms with E-state index in [-0.39, 0.29) is 0 Å². The van der Waals surface area contributed by atoms with Gasteiger partial charge in [-0.15, -0.1) is 0 Å². The molecule has 0 bridgehead atoms. The van der Waals surface area contributed by atoms with Gasteiger partial charge >= 0.3 is 0 Å². The molecule has 0 aromatic carbocycles. The van der Waals surface area contributed by atoms with Crippen LogP contribution in [0.25, 0.3) is 0 Å². The van der Waals surface area contributed by atoms with Crippen molar-refractivity contribution >= 4 is 11.5 Å². The van der Waals surface area contributed by atoms with E-state index in [2.05, 4.69) is 31.1 Å². The summed E-state index contributed by atoms with van der Waals surface area (Å²) in [5.74, 6) is 2.78. The summed E-state index contributed by atoms with van der Waals surface area (Å²) in [6, 6.07) is 4.20. The minimum Gasteiger partial charge on any atom is -0.476 e. The van der Waals surface area contributed by atoms with Gasteiger partial charge in [0.05, 0.1) is 12.3 Å². The lowest BCUT2D eigenvalue weighted by Crippen LogP contribution is -2.25. The fraction of sp³-hybridized carbons (Fsp3) is 0.688. The number of nitrogens with two attached hydrogens (primary N) is 1. The molecule has 1 atom stereocenters. The lowest BCUT2D eigenvalue weighted by Gasteiger charge is -2.23. The molecule has 1 aromatic heterocycles. The highest BCUT2D eigenvalue weighted by Crippen LogP contribution is 2.31. The van der Waals surface area contributed by atoms with E-state index in [0.717, 1.165) is 12.4 Å². The third kappa shape index (κ3) is 4.02. The summed E-state index contributed by atoms with van der Waals surface area (Å²) in [5, 5.41) is 3.47. The van der Waals surface area contributed by atoms with E-state index in [9.17, 15) is 0 Å². The number of nitrogen functional groups attached to an aromatic ring is 1. The maximum Gasteiger partial charge on any atom is 0.239 e. The van der Waals surface area contributed by atoms with Gasteiger partial charge in [0, 0.05) is 6.04 Å². The molecule has 4 heteroatoms. The van der Waals surface area contributed by atoms with Crippen molar-refractivity contribution in [2.45, 2.75) is 52.5 Å². The average molecular weight is 277 g/mol. The first-order valence-corrected chi connectivity index (χ1v) is 7.79. The van der Waals surface area contributed by atoms with Crippen LogP contribution in [0.2, 0.25) is 0 Å². The lowest BCUT2D eigenvalue weighted by molar-refractivity contribution is 0.290. The second-order valence-electron chi connectivity index (χ2n) is 5.85. The highest BCUT2D eigenvalue weighted by molar-refractivity contribution is 5.53. The van der Waals surface area contributed by atoms with Crippen LogP contribution >= 0.6 is 0 Å². The molecular weight excluding hydrogens is 250 g/mol. The van der Waals surface area contributed by atoms with Crippen LogP contribution in [0.4, 0.5) is 11.5 Å². The van der Waals surface area contributed by atoms with Gasteiger partial charge in [-0.05, 0) is 43.7 Å². The number of ether oxygens (including phenoxy) is 1. The molecule has 1 unspecified atom stereocenters. The molecule has 1 fully saturated rings. The third-order valence-corrected chi connectivity index (χ3v) is 4.17. The van der Waals surface area contributed by atoms with E-state index >= 15 is 0 Å². The molecule has 0 spiro atoms. The zero-order chi connectivity index (χ0) is 14.5. The van der Waals surface area contributed by atoms with Crippen molar-refractivity contribution in [2.75, 3.05) is 17.7 Å². The first-order valence-electron chi connectivity index (χ1n) is 7.79. The second kappa shape index (κ2) is 6.82. The quantitative estimate of drug-likeness (QED) is 0.761. The van der Waals surface area contributed by atoms with Gasteiger partial charge in [0.2, 0.25) is 5.88 Å². The fourth-order valence-electron chi connectivity index (χ4n) is 2.48. The molecule has 112 valence electrons. The summed E-state index contributed by atoms with van der Waals surface area (Å²) in [6.07, 6.45) is 4.88. The maximum atomic E-state index is 5.92. The monoisotopic (exact) mass is 277 g/mol. The van der Waals surface area contributed by atoms with Gasteiger partial charge in [0.1, 0.15) is 5.82 Å². The molecule has 3 N–H and O–H groups in total. The standard InChI is InChI=1S/C16H27N3O/c1-4-13(5-2)11(3)18-15-9-8-14(17)16(19-15)20-10-12-6-7-12/h8-9,11-13H,4-7,10,17H2,1-3H3,(H,18,19). The molecule has 1 heterocycles. The number of nitrogens with zero attached hydrogens (tertiary/aromatic N) is 1. The van der Waals surface area contributed by atoms with Crippen LogP contribution in [0.15, 0.2) is 12.1 Å². The highest BCUT2D eigenvalue weighted by Gasteiger charge is 2.22. The van der Waals surface area contributed by atoms with E-state index in [1.165, 1.54) is 25.7 Å². The van der Waals surface area contributed by atoms with E-state index in [1.54, 1.807) is 0 Å². The van der Waals surface area contributed by atoms with Crippen LogP contribution < -0.4 is 15.8 Å². The van der Waals surface area contributed by atoms with Crippen molar-refractivity contribution < 1.29 is 4.74 Å². The Morgan fingerprint density at radius 1 is 1.35 bits per heavy atom. The molecule has 4 nitrogen and oxygen atoms in total. The summed E-state index contributed by atoms with van der Waals surface area (Å²) < 4.78 is 5.72. The van der Waals surface area contributed by atoms with Crippen LogP contribution in [-0.2, 0) is 0 Å². The van der Waals surface area contributed by atoms with Crippen LogP contribution in [0.3, 0.4) is 0 Å². The zero-order valence-electron chi connectivity index (χ0n) is 12.9. The SMILES string of the molecule is CCC(CC)C(C)Nc1ccc(N)c(OCC2CC2)n1. The molecule has 2 rings (SSSR count). The summed E-state index contributed by atoms with van der Waals surface area (Å²) in [6.45, 7) is 7.41. The predicted molar refractivity (Wildman–Crippen MR) is 84.0 cm³/mol. The second-order valence-corrected chi connectivity index (χ2v) is 5.85. The Kier molecular flexibility index (Phi) is 5.10. The Hall–Kier alpha value is -1.45. The third-order valence-electron chi connectivity index (χ3n) is 4.17. The Labute approximate surface area is 122 Å². The van der Waals surface area contributed by atoms with E-state index in [1.807, 2.05) is 12.1 Å². The van der Waals surface area contributed by atoms with Gasteiger partial charge in [0.25, 0.3) is 0 Å². The lowest BCUT2D eigenvalue weighted by atomic mass is 9.95. The van der Waals surface area contributed by atoms with Gasteiger partial charge < -0.3 is 15.8 Å². The Morgan fingerprint density at radius 3 is 2.65 bits per heavy atom. The minimum atomic E-state index is 0.400. The Balaban J connectivity index is 1.98. The largest absolute Gasteiger partial charge is 0.476 e. The summed E-state index contributed by atoms with van der Waals surface area (Å²) >= 11 is 0. The van der Waals surface area contributed by atoms with E-state index in [0.29, 0.717) is 29.4 Å². The van der Waals surface area contributed by atoms with Gasteiger partial charge in [-0.25, -0.2) is 0 Å². The van der Waals surface area contributed by atoms with Crippen molar-refractivity contribution in [3.63, 3.8) is 0 Å². The number of pyridine rings is 1. The molecule has 1 aliphatic carbocycles. The minimum absolute atomic E-state index is 0.400. The molecule has 0 saturated heterocycles. The Morgan fingerprint density at radius 2 is 2.05 bits per heavy atom. The van der Waals surface area contributed by atoms with Crippen LogP contribution in [0.1, 0.15) is 46.5 Å². The number of aromatic nitrogens is 1. The number of hydrogen-bond donors (Lipinski definition) is 2. The summed E-state index contributed by atoms with van der Waals surface area (Å²) in [7, 11) is 0. The van der Waals surface area contributed by atoms with Crippen molar-refractivity contribution in [3.8, 4) is 5.88 Å². The van der Waals surface area contributed by atoms with Crippen molar-refractivity contribution in [3.05, 3.63) is 12.1 Å². The highest BCUT2D eigenvalue weighted by atomic mass is 16.5. The van der Waals surface area contributed by atoms with Crippen molar-refractivity contribution in [1.82, 2.24) is 4.98 Å². The predicted octanol–water partition coefficient (Wildman–Crippen LogP) is 3.69. The fourth-order valence-corrected chi connectivity index (χ4v) is 2.48. The van der Waals surface area contributed by atoms with Gasteiger partial charge in [-0.1, -0.05) is 26.7 Å². The normalized spacial score (nSPS) is 16.2. The molecule has 0 amide bonds. The number of nitrogens with one attached hydrogen (secondary N) is 1. The van der Waals surface area contributed by atoms with Crippen molar-refractivity contribution in [1.29, 1.82) is 0 Å². The summed E-state index contributed by atoms with van der Waals surface area (Å²) in [5.41, 5.74) is 6.54. The first-order chi connectivity index (χ1) is 9.63. The van der Waals surface area contributed by atoms with Gasteiger partial charge in [-0.3, -0.25) is 0 Å². The van der Waals surface area contributed by atoms with Gasteiger partial charge in [0.15, 0.2) is 0 Å². The van der Waals surface area contributed by atoms with E-state index in [4.69, 9.17) is 10.5 Å². The molecule has 0 aliphatic heterocycles. The Bertz CT molecular complexity index is 428. The summed E-state index contributed by atoms with van der Waals surface area (Å²) in [4.78, 5) is 4.50. The zero-order valence-corrected chi connectivity index (χ0v) is 12.9. The van der Waals surface area contributed by atoms with E-state index < -0.39 is 0 Å². The van der Waals surface area contributed by atoms with Gasteiger partial charge in [-0.2, -0.15) is 4.98 Å². The first kappa shape index (κ1) is 14.9. The number of anilines is 2. The van der Waals surface area contributed by atoms with Crippen LogP contribution in [0, 0.1) is 11.8 Å². The van der Waals surface area contributed by atoms with Crippen LogP contribution in [-0.4, -0.2) is 17.6 Å². The molecule has 20 heavy (non-hydrogen) atoms. The molecule has 0 radical (unpaired) electrons. The average Bonchev–Trinajstić information content (AvgIpc) is 3.25. The molecule has 1 saturated carbocycles.